The first kappa shape index (κ1) is 15.4. The van der Waals surface area contributed by atoms with E-state index in [0.29, 0.717) is 12.6 Å². The molecule has 1 fully saturated rings. The van der Waals surface area contributed by atoms with Crippen LogP contribution in [0.15, 0.2) is 18.2 Å². The average molecular weight is 279 g/mol. The Morgan fingerprint density at radius 1 is 1.25 bits per heavy atom. The third kappa shape index (κ3) is 4.01. The number of benzene rings is 1. The number of piperidine rings is 1. The zero-order valence-electron chi connectivity index (χ0n) is 12.6. The summed E-state index contributed by atoms with van der Waals surface area (Å²) in [5.74, 6) is -0.183. The van der Waals surface area contributed by atoms with Gasteiger partial charge in [0.15, 0.2) is 0 Å². The number of likely N-dealkylation sites (tertiary alicyclic amines) is 1. The highest BCUT2D eigenvalue weighted by Gasteiger charge is 2.21. The Bertz CT molecular complexity index is 428. The lowest BCUT2D eigenvalue weighted by Gasteiger charge is -2.36. The molecule has 4 heteroatoms. The Morgan fingerprint density at radius 2 is 1.90 bits per heavy atom. The van der Waals surface area contributed by atoms with Crippen molar-refractivity contribution in [2.75, 3.05) is 26.7 Å². The molecule has 2 rings (SSSR count). The van der Waals surface area contributed by atoms with Crippen LogP contribution in [0.5, 0.6) is 0 Å². The highest BCUT2D eigenvalue weighted by molar-refractivity contribution is 5.24. The van der Waals surface area contributed by atoms with Crippen molar-refractivity contribution in [2.45, 2.75) is 38.9 Å². The Balaban J connectivity index is 1.94. The van der Waals surface area contributed by atoms with Crippen molar-refractivity contribution in [1.29, 1.82) is 0 Å². The molecule has 1 aliphatic heterocycles. The van der Waals surface area contributed by atoms with Crippen LogP contribution in [0.25, 0.3) is 0 Å². The molecule has 0 spiro atoms. The minimum absolute atomic E-state index is 0.183. The molecule has 3 nitrogen and oxygen atoms in total. The van der Waals surface area contributed by atoms with Crippen molar-refractivity contribution in [3.8, 4) is 0 Å². The van der Waals surface area contributed by atoms with Gasteiger partial charge in [0.05, 0.1) is 0 Å². The van der Waals surface area contributed by atoms with Gasteiger partial charge in [-0.15, -0.1) is 0 Å². The molecular weight excluding hydrogens is 253 g/mol. The first-order valence-electron chi connectivity index (χ1n) is 7.53. The number of halogens is 1. The van der Waals surface area contributed by atoms with Gasteiger partial charge in [-0.1, -0.05) is 13.0 Å². The molecule has 112 valence electrons. The molecule has 0 unspecified atom stereocenters. The van der Waals surface area contributed by atoms with E-state index in [1.807, 2.05) is 6.07 Å². The molecule has 1 aromatic carbocycles. The molecule has 0 aromatic heterocycles. The minimum atomic E-state index is -0.183. The maximum absolute atomic E-state index is 13.5. The fourth-order valence-corrected chi connectivity index (χ4v) is 3.02. The van der Waals surface area contributed by atoms with Crippen LogP contribution < -0.4 is 5.73 Å². The smallest absolute Gasteiger partial charge is 0.123 e. The predicted octanol–water partition coefficient (Wildman–Crippen LogP) is 2.20. The van der Waals surface area contributed by atoms with Gasteiger partial charge in [-0.3, -0.25) is 4.90 Å². The predicted molar refractivity (Wildman–Crippen MR) is 80.9 cm³/mol. The summed E-state index contributed by atoms with van der Waals surface area (Å²) in [6.45, 7) is 6.88. The summed E-state index contributed by atoms with van der Waals surface area (Å²) in [7, 11) is 2.14. The van der Waals surface area contributed by atoms with Gasteiger partial charge in [0.1, 0.15) is 5.82 Å². The zero-order valence-corrected chi connectivity index (χ0v) is 12.6. The average Bonchev–Trinajstić information content (AvgIpc) is 2.46. The molecule has 0 bridgehead atoms. The standard InChI is InChI=1S/C16H26FN3/c1-3-20-6-4-16(5-7-20)19(2)12-14-8-13(11-18)9-15(17)10-14/h8-10,16H,3-7,11-12,18H2,1-2H3. The van der Waals surface area contributed by atoms with Crippen molar-refractivity contribution < 1.29 is 4.39 Å². The molecule has 0 atom stereocenters. The number of hydrogen-bond donors (Lipinski definition) is 1. The SMILES string of the molecule is CCN1CCC(N(C)Cc2cc(F)cc(CN)c2)CC1. The summed E-state index contributed by atoms with van der Waals surface area (Å²) in [4.78, 5) is 4.83. The van der Waals surface area contributed by atoms with Gasteiger partial charge >= 0.3 is 0 Å². The lowest BCUT2D eigenvalue weighted by molar-refractivity contribution is 0.127. The van der Waals surface area contributed by atoms with Gasteiger partial charge in [-0.05, 0) is 62.8 Å². The van der Waals surface area contributed by atoms with Crippen molar-refractivity contribution in [1.82, 2.24) is 9.80 Å². The van der Waals surface area contributed by atoms with Gasteiger partial charge in [-0.25, -0.2) is 4.39 Å². The minimum Gasteiger partial charge on any atom is -0.326 e. The van der Waals surface area contributed by atoms with E-state index in [1.54, 1.807) is 6.07 Å². The maximum Gasteiger partial charge on any atom is 0.123 e. The molecule has 2 N–H and O–H groups in total. The summed E-state index contributed by atoms with van der Waals surface area (Å²) in [5.41, 5.74) is 7.49. The van der Waals surface area contributed by atoms with E-state index in [9.17, 15) is 4.39 Å². The van der Waals surface area contributed by atoms with Crippen molar-refractivity contribution in [2.24, 2.45) is 5.73 Å². The van der Waals surface area contributed by atoms with E-state index in [1.165, 1.54) is 32.0 Å². The van der Waals surface area contributed by atoms with Crippen LogP contribution in [-0.2, 0) is 13.1 Å². The lowest BCUT2D eigenvalue weighted by Crippen LogP contribution is -2.42. The van der Waals surface area contributed by atoms with Crippen LogP contribution in [0.4, 0.5) is 4.39 Å². The molecule has 1 heterocycles. The fraction of sp³-hybridized carbons (Fsp3) is 0.625. The molecule has 1 aliphatic rings. The van der Waals surface area contributed by atoms with Gasteiger partial charge in [0.25, 0.3) is 0 Å². The molecule has 0 radical (unpaired) electrons. The highest BCUT2D eigenvalue weighted by Crippen LogP contribution is 2.18. The van der Waals surface area contributed by atoms with E-state index in [2.05, 4.69) is 23.8 Å². The van der Waals surface area contributed by atoms with Crippen LogP contribution in [0.3, 0.4) is 0 Å². The van der Waals surface area contributed by atoms with Crippen molar-refractivity contribution in [3.63, 3.8) is 0 Å². The molecule has 1 aromatic rings. The van der Waals surface area contributed by atoms with Crippen LogP contribution in [0, 0.1) is 5.82 Å². The second-order valence-corrected chi connectivity index (χ2v) is 5.75. The van der Waals surface area contributed by atoms with E-state index >= 15 is 0 Å². The van der Waals surface area contributed by atoms with Crippen LogP contribution in [0.1, 0.15) is 30.9 Å². The topological polar surface area (TPSA) is 32.5 Å². The zero-order chi connectivity index (χ0) is 14.5. The van der Waals surface area contributed by atoms with Gasteiger partial charge in [0, 0.05) is 19.1 Å². The van der Waals surface area contributed by atoms with Crippen LogP contribution in [0.2, 0.25) is 0 Å². The molecule has 0 saturated carbocycles. The van der Waals surface area contributed by atoms with E-state index in [-0.39, 0.29) is 5.82 Å². The summed E-state index contributed by atoms with van der Waals surface area (Å²) < 4.78 is 13.5. The third-order valence-corrected chi connectivity index (χ3v) is 4.31. The van der Waals surface area contributed by atoms with Gasteiger partial charge in [0.2, 0.25) is 0 Å². The highest BCUT2D eigenvalue weighted by atomic mass is 19.1. The van der Waals surface area contributed by atoms with Gasteiger partial charge in [-0.2, -0.15) is 0 Å². The number of nitrogens with two attached hydrogens (primary N) is 1. The summed E-state index contributed by atoms with van der Waals surface area (Å²) in [5, 5.41) is 0. The second kappa shape index (κ2) is 7.16. The molecule has 0 aliphatic carbocycles. The summed E-state index contributed by atoms with van der Waals surface area (Å²) in [6.07, 6.45) is 2.40. The van der Waals surface area contributed by atoms with Crippen LogP contribution in [-0.4, -0.2) is 42.5 Å². The van der Waals surface area contributed by atoms with E-state index < -0.39 is 0 Å². The third-order valence-electron chi connectivity index (χ3n) is 4.31. The largest absolute Gasteiger partial charge is 0.326 e. The van der Waals surface area contributed by atoms with E-state index in [4.69, 9.17) is 5.73 Å². The van der Waals surface area contributed by atoms with E-state index in [0.717, 1.165) is 24.2 Å². The summed E-state index contributed by atoms with van der Waals surface area (Å²) in [6, 6.07) is 5.75. The molecule has 1 saturated heterocycles. The number of nitrogens with zero attached hydrogens (tertiary/aromatic N) is 2. The monoisotopic (exact) mass is 279 g/mol. The molecule has 20 heavy (non-hydrogen) atoms. The number of hydrogen-bond acceptors (Lipinski definition) is 3. The lowest BCUT2D eigenvalue weighted by atomic mass is 10.0. The second-order valence-electron chi connectivity index (χ2n) is 5.75. The Morgan fingerprint density at radius 3 is 2.50 bits per heavy atom. The van der Waals surface area contributed by atoms with Crippen molar-refractivity contribution >= 4 is 0 Å². The van der Waals surface area contributed by atoms with Crippen molar-refractivity contribution in [3.05, 3.63) is 35.1 Å². The maximum atomic E-state index is 13.5. The Kier molecular flexibility index (Phi) is 5.52. The quantitative estimate of drug-likeness (QED) is 0.897. The Labute approximate surface area is 121 Å². The fourth-order valence-electron chi connectivity index (χ4n) is 3.02. The molecule has 0 amide bonds. The first-order chi connectivity index (χ1) is 9.62. The normalized spacial score (nSPS) is 17.9. The number of rotatable bonds is 5. The van der Waals surface area contributed by atoms with Gasteiger partial charge < -0.3 is 10.6 Å². The first-order valence-corrected chi connectivity index (χ1v) is 7.53. The summed E-state index contributed by atoms with van der Waals surface area (Å²) >= 11 is 0. The van der Waals surface area contributed by atoms with Crippen LogP contribution >= 0.6 is 0 Å². The molecular formula is C16H26FN3. The Hall–Kier alpha value is -0.970.